The summed E-state index contributed by atoms with van der Waals surface area (Å²) in [4.78, 5) is 13.3. The largest absolute Gasteiger partial charge is 0.493 e. The maximum atomic E-state index is 10.9. The number of carbonyl (C=O) groups is 1. The Hall–Kier alpha value is -2.37. The van der Waals surface area contributed by atoms with Gasteiger partial charge in [0, 0.05) is 4.91 Å². The van der Waals surface area contributed by atoms with Gasteiger partial charge < -0.3 is 14.6 Å². The van der Waals surface area contributed by atoms with Crippen molar-refractivity contribution in [2.45, 2.75) is 0 Å². The maximum absolute atomic E-state index is 10.9. The van der Waals surface area contributed by atoms with Crippen LogP contribution in [0.1, 0.15) is 5.56 Å². The van der Waals surface area contributed by atoms with E-state index in [0.29, 0.717) is 11.3 Å². The number of azide groups is 1. The van der Waals surface area contributed by atoms with Crippen LogP contribution in [-0.4, -0.2) is 25.3 Å². The van der Waals surface area contributed by atoms with Crippen molar-refractivity contribution in [2.75, 3.05) is 14.2 Å². The van der Waals surface area contributed by atoms with E-state index in [1.165, 1.54) is 20.3 Å². The molecule has 0 heterocycles. The summed E-state index contributed by atoms with van der Waals surface area (Å²) in [7, 11) is 2.86. The third-order valence-corrected chi connectivity index (χ3v) is 2.57. The highest BCUT2D eigenvalue weighted by Crippen LogP contribution is 2.38. The van der Waals surface area contributed by atoms with E-state index in [2.05, 4.69) is 10.0 Å². The van der Waals surface area contributed by atoms with Gasteiger partial charge in [-0.1, -0.05) is 16.7 Å². The zero-order valence-electron chi connectivity index (χ0n) is 10.1. The summed E-state index contributed by atoms with van der Waals surface area (Å²) in [6.07, 6.45) is 1.15. The summed E-state index contributed by atoms with van der Waals surface area (Å²) in [5.74, 6) is -0.683. The van der Waals surface area contributed by atoms with Gasteiger partial charge in [-0.2, -0.15) is 0 Å². The molecule has 0 aliphatic rings. The van der Waals surface area contributed by atoms with E-state index < -0.39 is 11.7 Å². The van der Waals surface area contributed by atoms with Gasteiger partial charge in [0.1, 0.15) is 5.70 Å². The van der Waals surface area contributed by atoms with E-state index in [1.807, 2.05) is 0 Å². The third kappa shape index (κ3) is 3.31. The van der Waals surface area contributed by atoms with Crippen LogP contribution in [-0.2, 0) is 4.79 Å². The third-order valence-electron chi connectivity index (χ3n) is 2.18. The van der Waals surface area contributed by atoms with Crippen LogP contribution >= 0.6 is 11.6 Å². The highest BCUT2D eigenvalue weighted by atomic mass is 35.5. The fourth-order valence-electron chi connectivity index (χ4n) is 1.34. The van der Waals surface area contributed by atoms with Crippen molar-refractivity contribution in [3.05, 3.63) is 38.9 Å². The van der Waals surface area contributed by atoms with Crippen LogP contribution in [0, 0.1) is 0 Å². The molecule has 8 heteroatoms. The van der Waals surface area contributed by atoms with E-state index in [9.17, 15) is 4.79 Å². The van der Waals surface area contributed by atoms with E-state index in [0.717, 1.165) is 6.08 Å². The molecule has 100 valence electrons. The predicted molar refractivity (Wildman–Crippen MR) is 69.3 cm³/mol. The van der Waals surface area contributed by atoms with Gasteiger partial charge in [-0.25, -0.2) is 4.79 Å². The van der Waals surface area contributed by atoms with Crippen molar-refractivity contribution >= 4 is 23.6 Å². The Labute approximate surface area is 113 Å². The van der Waals surface area contributed by atoms with Gasteiger partial charge in [-0.05, 0) is 29.3 Å². The molecule has 0 saturated carbocycles. The van der Waals surface area contributed by atoms with Crippen molar-refractivity contribution in [3.8, 4) is 11.5 Å². The molecule has 1 aromatic carbocycles. The van der Waals surface area contributed by atoms with Crippen LogP contribution in [0.4, 0.5) is 0 Å². The van der Waals surface area contributed by atoms with Crippen molar-refractivity contribution in [1.29, 1.82) is 0 Å². The van der Waals surface area contributed by atoms with Crippen LogP contribution in [0.2, 0.25) is 5.02 Å². The van der Waals surface area contributed by atoms with E-state index in [1.54, 1.807) is 6.07 Å². The average molecular weight is 284 g/mol. The molecule has 0 aliphatic heterocycles. The molecule has 19 heavy (non-hydrogen) atoms. The molecule has 0 saturated heterocycles. The number of aliphatic carboxylic acids is 1. The standard InChI is InChI=1S/C11H10ClN3O4/c1-18-8-4-3-6(9(12)10(8)19-2)5-7(11(16)17)14-15-13/h3-5H,1-2H3,(H,16,17)/b7-5-. The molecule has 7 nitrogen and oxygen atoms in total. The first-order chi connectivity index (χ1) is 9.04. The molecule has 0 aliphatic carbocycles. The lowest BCUT2D eigenvalue weighted by Gasteiger charge is -2.11. The van der Waals surface area contributed by atoms with Crippen molar-refractivity contribution in [3.63, 3.8) is 0 Å². The van der Waals surface area contributed by atoms with E-state index in [4.69, 9.17) is 31.7 Å². The van der Waals surface area contributed by atoms with Crippen LogP contribution in [0.25, 0.3) is 16.5 Å². The maximum Gasteiger partial charge on any atom is 0.338 e. The van der Waals surface area contributed by atoms with Crippen LogP contribution in [0.15, 0.2) is 22.9 Å². The Bertz CT molecular complexity index is 576. The van der Waals surface area contributed by atoms with Crippen LogP contribution in [0.3, 0.4) is 0 Å². The van der Waals surface area contributed by atoms with Gasteiger partial charge in [0.25, 0.3) is 0 Å². The topological polar surface area (TPSA) is 105 Å². The minimum Gasteiger partial charge on any atom is -0.493 e. The lowest BCUT2D eigenvalue weighted by Crippen LogP contribution is -1.97. The molecule has 0 amide bonds. The summed E-state index contributed by atoms with van der Waals surface area (Å²) < 4.78 is 10.1. The second kappa shape index (κ2) is 6.53. The average Bonchev–Trinajstić information content (AvgIpc) is 2.39. The summed E-state index contributed by atoms with van der Waals surface area (Å²) in [6, 6.07) is 3.09. The summed E-state index contributed by atoms with van der Waals surface area (Å²) >= 11 is 6.06. The highest BCUT2D eigenvalue weighted by Gasteiger charge is 2.13. The van der Waals surface area contributed by atoms with E-state index in [-0.39, 0.29) is 10.8 Å². The summed E-state index contributed by atoms with van der Waals surface area (Å²) in [5, 5.41) is 12.1. The van der Waals surface area contributed by atoms with Gasteiger partial charge in [0.05, 0.1) is 19.2 Å². The summed E-state index contributed by atoms with van der Waals surface area (Å²) in [5.41, 5.74) is 8.15. The molecular weight excluding hydrogens is 274 g/mol. The lowest BCUT2D eigenvalue weighted by molar-refractivity contribution is -0.132. The van der Waals surface area contributed by atoms with E-state index >= 15 is 0 Å². The molecular formula is C11H10ClN3O4. The number of nitrogens with zero attached hydrogens (tertiary/aromatic N) is 3. The van der Waals surface area contributed by atoms with Crippen molar-refractivity contribution in [1.82, 2.24) is 0 Å². The molecule has 0 fully saturated rings. The van der Waals surface area contributed by atoms with Gasteiger partial charge in [-0.15, -0.1) is 0 Å². The lowest BCUT2D eigenvalue weighted by atomic mass is 10.1. The molecule has 1 rings (SSSR count). The monoisotopic (exact) mass is 283 g/mol. The Morgan fingerprint density at radius 1 is 1.47 bits per heavy atom. The van der Waals surface area contributed by atoms with Gasteiger partial charge in [0.15, 0.2) is 11.5 Å². The second-order valence-electron chi connectivity index (χ2n) is 3.23. The zero-order chi connectivity index (χ0) is 14.4. The van der Waals surface area contributed by atoms with Gasteiger partial charge >= 0.3 is 5.97 Å². The van der Waals surface area contributed by atoms with Crippen molar-refractivity contribution < 1.29 is 19.4 Å². The predicted octanol–water partition coefficient (Wildman–Crippen LogP) is 3.09. The Balaban J connectivity index is 3.40. The minimum atomic E-state index is -1.36. The fourth-order valence-corrected chi connectivity index (χ4v) is 1.63. The molecule has 0 unspecified atom stereocenters. The van der Waals surface area contributed by atoms with Crippen molar-refractivity contribution in [2.24, 2.45) is 5.11 Å². The molecule has 0 aromatic heterocycles. The molecule has 0 bridgehead atoms. The summed E-state index contributed by atoms with van der Waals surface area (Å²) in [6.45, 7) is 0. The number of ether oxygens (including phenoxy) is 2. The first-order valence-corrected chi connectivity index (χ1v) is 5.33. The van der Waals surface area contributed by atoms with Crippen LogP contribution < -0.4 is 9.47 Å². The molecule has 0 atom stereocenters. The molecule has 0 radical (unpaired) electrons. The number of halogens is 1. The molecule has 0 spiro atoms. The first kappa shape index (κ1) is 14.7. The fraction of sp³-hybridized carbons (Fsp3) is 0.182. The minimum absolute atomic E-state index is 0.161. The van der Waals surface area contributed by atoms with Crippen LogP contribution in [0.5, 0.6) is 11.5 Å². The Kier molecular flexibility index (Phi) is 5.05. The Morgan fingerprint density at radius 2 is 2.16 bits per heavy atom. The first-order valence-electron chi connectivity index (χ1n) is 4.95. The number of methoxy groups -OCH3 is 2. The number of hydrogen-bond donors (Lipinski definition) is 1. The quantitative estimate of drug-likeness (QED) is 0.388. The zero-order valence-corrected chi connectivity index (χ0v) is 10.9. The van der Waals surface area contributed by atoms with Gasteiger partial charge in [-0.3, -0.25) is 0 Å². The smallest absolute Gasteiger partial charge is 0.338 e. The molecule has 1 N–H and O–H groups in total. The van der Waals surface area contributed by atoms with Gasteiger partial charge in [0.2, 0.25) is 0 Å². The number of hydrogen-bond acceptors (Lipinski definition) is 4. The SMILES string of the molecule is COc1ccc(/C=C(\N=[N+]=[N-])C(=O)O)c(Cl)c1OC. The number of rotatable bonds is 5. The molecule has 1 aromatic rings. The Morgan fingerprint density at radius 3 is 2.63 bits per heavy atom. The number of benzene rings is 1. The highest BCUT2D eigenvalue weighted by molar-refractivity contribution is 6.34. The second-order valence-corrected chi connectivity index (χ2v) is 3.61. The number of carboxylic acid groups (broad SMARTS) is 1. The number of carboxylic acids is 1. The normalized spacial score (nSPS) is 10.6.